The summed E-state index contributed by atoms with van der Waals surface area (Å²) in [7, 11) is 0. The van der Waals surface area contributed by atoms with Gasteiger partial charge in [0.05, 0.1) is 11.9 Å². The first-order valence-electron chi connectivity index (χ1n) is 7.74. The number of fused-ring (bicyclic) bond motifs is 3. The van der Waals surface area contributed by atoms with Crippen molar-refractivity contribution in [3.05, 3.63) is 54.5 Å². The van der Waals surface area contributed by atoms with Crippen LogP contribution in [-0.2, 0) is 6.54 Å². The standard InChI is InChI=1S/C18H16N4/c1-4-16-17(9-13(1)12-5-7-19-8-6-12)22(15-2-3-15)11-14-10-20-21-18(14)16/h1,4-10,15H,2-3,11H2,(H,20,21). The van der Waals surface area contributed by atoms with Gasteiger partial charge in [0.25, 0.3) is 0 Å². The zero-order valence-corrected chi connectivity index (χ0v) is 12.2. The number of pyridine rings is 1. The SMILES string of the molecule is c1cc(-c2ccc3c(c2)N(C2CC2)Cc2cn[nH]c2-3)ccn1. The summed E-state index contributed by atoms with van der Waals surface area (Å²) in [5.74, 6) is 0. The molecule has 0 radical (unpaired) electrons. The minimum absolute atomic E-state index is 0.689. The van der Waals surface area contributed by atoms with Gasteiger partial charge in [0.15, 0.2) is 0 Å². The molecule has 2 aliphatic rings. The van der Waals surface area contributed by atoms with E-state index in [1.165, 1.54) is 46.5 Å². The molecule has 22 heavy (non-hydrogen) atoms. The van der Waals surface area contributed by atoms with Gasteiger partial charge in [-0.25, -0.2) is 0 Å². The van der Waals surface area contributed by atoms with Gasteiger partial charge in [0, 0.05) is 41.8 Å². The predicted molar refractivity (Wildman–Crippen MR) is 86.5 cm³/mol. The number of anilines is 1. The van der Waals surface area contributed by atoms with Gasteiger partial charge in [0.1, 0.15) is 0 Å². The van der Waals surface area contributed by atoms with Gasteiger partial charge in [-0.15, -0.1) is 0 Å². The van der Waals surface area contributed by atoms with Crippen molar-refractivity contribution in [3.8, 4) is 22.4 Å². The lowest BCUT2D eigenvalue weighted by atomic mass is 9.96. The molecule has 5 rings (SSSR count). The Morgan fingerprint density at radius 2 is 1.91 bits per heavy atom. The molecule has 0 amide bonds. The number of hydrogen-bond donors (Lipinski definition) is 1. The van der Waals surface area contributed by atoms with E-state index < -0.39 is 0 Å². The average molecular weight is 288 g/mol. The van der Waals surface area contributed by atoms with E-state index in [1.807, 2.05) is 18.6 Å². The second-order valence-corrected chi connectivity index (χ2v) is 6.10. The zero-order chi connectivity index (χ0) is 14.5. The van der Waals surface area contributed by atoms with Crippen LogP contribution in [0.2, 0.25) is 0 Å². The average Bonchev–Trinajstić information content (AvgIpc) is 3.31. The molecule has 1 saturated carbocycles. The third-order valence-corrected chi connectivity index (χ3v) is 4.64. The Labute approximate surface area is 128 Å². The molecule has 3 aromatic rings. The number of aromatic amines is 1. The van der Waals surface area contributed by atoms with E-state index in [-0.39, 0.29) is 0 Å². The first-order chi connectivity index (χ1) is 10.9. The second-order valence-electron chi connectivity index (χ2n) is 6.10. The van der Waals surface area contributed by atoms with E-state index in [2.05, 4.69) is 50.4 Å². The summed E-state index contributed by atoms with van der Waals surface area (Å²) in [4.78, 5) is 6.65. The summed E-state index contributed by atoms with van der Waals surface area (Å²) in [6.07, 6.45) is 8.25. The smallest absolute Gasteiger partial charge is 0.0720 e. The van der Waals surface area contributed by atoms with Crippen LogP contribution in [0.15, 0.2) is 48.9 Å². The van der Waals surface area contributed by atoms with Crippen LogP contribution in [0.5, 0.6) is 0 Å². The fourth-order valence-electron chi connectivity index (χ4n) is 3.35. The third-order valence-electron chi connectivity index (χ3n) is 4.64. The number of nitrogens with one attached hydrogen (secondary N) is 1. The van der Waals surface area contributed by atoms with Gasteiger partial charge >= 0.3 is 0 Å². The molecular weight excluding hydrogens is 272 g/mol. The van der Waals surface area contributed by atoms with Crippen molar-refractivity contribution in [2.45, 2.75) is 25.4 Å². The number of benzene rings is 1. The Morgan fingerprint density at radius 3 is 2.73 bits per heavy atom. The Balaban J connectivity index is 1.68. The Morgan fingerprint density at radius 1 is 1.05 bits per heavy atom. The van der Waals surface area contributed by atoms with Crippen LogP contribution in [0.4, 0.5) is 5.69 Å². The van der Waals surface area contributed by atoms with E-state index in [1.54, 1.807) is 0 Å². The first kappa shape index (κ1) is 12.0. The summed E-state index contributed by atoms with van der Waals surface area (Å²) in [6, 6.07) is 11.5. The van der Waals surface area contributed by atoms with Crippen LogP contribution in [0.3, 0.4) is 0 Å². The molecule has 0 atom stereocenters. The number of nitrogens with zero attached hydrogens (tertiary/aromatic N) is 3. The van der Waals surface area contributed by atoms with Gasteiger partial charge < -0.3 is 4.90 Å². The van der Waals surface area contributed by atoms with E-state index in [0.29, 0.717) is 6.04 Å². The molecule has 0 spiro atoms. The van der Waals surface area contributed by atoms with Gasteiger partial charge in [0.2, 0.25) is 0 Å². The summed E-state index contributed by atoms with van der Waals surface area (Å²) >= 11 is 0. The molecule has 1 aliphatic carbocycles. The quantitative estimate of drug-likeness (QED) is 0.783. The molecule has 0 bridgehead atoms. The van der Waals surface area contributed by atoms with E-state index in [9.17, 15) is 0 Å². The number of H-pyrrole nitrogens is 1. The lowest BCUT2D eigenvalue weighted by Gasteiger charge is -2.31. The van der Waals surface area contributed by atoms with Crippen LogP contribution < -0.4 is 4.90 Å². The minimum atomic E-state index is 0.689. The fourth-order valence-corrected chi connectivity index (χ4v) is 3.35. The van der Waals surface area contributed by atoms with Crippen LogP contribution >= 0.6 is 0 Å². The van der Waals surface area contributed by atoms with Crippen LogP contribution in [-0.4, -0.2) is 21.2 Å². The number of hydrogen-bond acceptors (Lipinski definition) is 3. The molecule has 1 aromatic carbocycles. The Bertz CT molecular complexity index is 833. The molecule has 0 unspecified atom stereocenters. The van der Waals surface area contributed by atoms with Crippen molar-refractivity contribution in [1.82, 2.24) is 15.2 Å². The third kappa shape index (κ3) is 1.77. The molecule has 1 aliphatic heterocycles. The normalized spacial score (nSPS) is 16.3. The minimum Gasteiger partial charge on any atom is -0.364 e. The molecule has 2 aromatic heterocycles. The van der Waals surface area contributed by atoms with Crippen LogP contribution in [0, 0.1) is 0 Å². The molecule has 1 N–H and O–H groups in total. The van der Waals surface area contributed by atoms with Crippen molar-refractivity contribution in [2.75, 3.05) is 4.90 Å². The van der Waals surface area contributed by atoms with Crippen molar-refractivity contribution in [3.63, 3.8) is 0 Å². The maximum Gasteiger partial charge on any atom is 0.0720 e. The maximum atomic E-state index is 4.24. The fraction of sp³-hybridized carbons (Fsp3) is 0.222. The van der Waals surface area contributed by atoms with E-state index in [0.717, 1.165) is 6.54 Å². The molecule has 4 nitrogen and oxygen atoms in total. The number of aromatic nitrogens is 3. The van der Waals surface area contributed by atoms with Crippen LogP contribution in [0.25, 0.3) is 22.4 Å². The Kier molecular flexibility index (Phi) is 2.41. The van der Waals surface area contributed by atoms with Crippen molar-refractivity contribution in [2.24, 2.45) is 0 Å². The summed E-state index contributed by atoms with van der Waals surface area (Å²) in [5.41, 5.74) is 7.53. The monoisotopic (exact) mass is 288 g/mol. The summed E-state index contributed by atoms with van der Waals surface area (Å²) in [6.45, 7) is 0.962. The van der Waals surface area contributed by atoms with Crippen LogP contribution in [0.1, 0.15) is 18.4 Å². The van der Waals surface area contributed by atoms with Gasteiger partial charge in [-0.3, -0.25) is 10.1 Å². The summed E-state index contributed by atoms with van der Waals surface area (Å²) < 4.78 is 0. The highest BCUT2D eigenvalue weighted by Crippen LogP contribution is 2.44. The van der Waals surface area contributed by atoms with Gasteiger partial charge in [-0.1, -0.05) is 12.1 Å². The van der Waals surface area contributed by atoms with E-state index in [4.69, 9.17) is 0 Å². The first-order valence-corrected chi connectivity index (χ1v) is 7.74. The zero-order valence-electron chi connectivity index (χ0n) is 12.2. The lowest BCUT2D eigenvalue weighted by Crippen LogP contribution is -2.28. The molecule has 1 fully saturated rings. The Hall–Kier alpha value is -2.62. The largest absolute Gasteiger partial charge is 0.364 e. The molecule has 3 heterocycles. The number of rotatable bonds is 2. The molecule has 0 saturated heterocycles. The maximum absolute atomic E-state index is 4.24. The molecule has 108 valence electrons. The van der Waals surface area contributed by atoms with Gasteiger partial charge in [-0.2, -0.15) is 5.10 Å². The van der Waals surface area contributed by atoms with Crippen molar-refractivity contribution < 1.29 is 0 Å². The highest BCUT2D eigenvalue weighted by molar-refractivity contribution is 5.85. The summed E-state index contributed by atoms with van der Waals surface area (Å²) in [5, 5.41) is 7.40. The molecular formula is C18H16N4. The van der Waals surface area contributed by atoms with Crippen molar-refractivity contribution >= 4 is 5.69 Å². The van der Waals surface area contributed by atoms with Gasteiger partial charge in [-0.05, 0) is 42.2 Å². The van der Waals surface area contributed by atoms with E-state index >= 15 is 0 Å². The highest BCUT2D eigenvalue weighted by atomic mass is 15.2. The highest BCUT2D eigenvalue weighted by Gasteiger charge is 2.34. The second kappa shape index (κ2) is 4.44. The predicted octanol–water partition coefficient (Wildman–Crippen LogP) is 3.62. The topological polar surface area (TPSA) is 44.8 Å². The lowest BCUT2D eigenvalue weighted by molar-refractivity contribution is 0.787. The van der Waals surface area contributed by atoms with Crippen molar-refractivity contribution in [1.29, 1.82) is 0 Å². The molecule has 4 heteroatoms.